The number of benzene rings is 1. The van der Waals surface area contributed by atoms with Gasteiger partial charge in [0.1, 0.15) is 5.60 Å². The minimum absolute atomic E-state index is 0.0225. The highest BCUT2D eigenvalue weighted by Gasteiger charge is 2.29. The van der Waals surface area contributed by atoms with Crippen LogP contribution in [0.15, 0.2) is 24.3 Å². The van der Waals surface area contributed by atoms with Crippen LogP contribution < -0.4 is 5.32 Å². The maximum atomic E-state index is 12.4. The second kappa shape index (κ2) is 8.73. The maximum Gasteiger partial charge on any atom is 0.410 e. The van der Waals surface area contributed by atoms with Gasteiger partial charge in [0.2, 0.25) is 5.91 Å². The van der Waals surface area contributed by atoms with Gasteiger partial charge in [-0.15, -0.1) is 0 Å². The molecule has 1 unspecified atom stereocenters. The lowest BCUT2D eigenvalue weighted by Gasteiger charge is -2.37. The molecular weight excluding hydrogens is 354 g/mol. The first-order valence-corrected chi connectivity index (χ1v) is 9.27. The molecule has 1 heterocycles. The van der Waals surface area contributed by atoms with Crippen LogP contribution in [0.2, 0.25) is 5.02 Å². The number of halogens is 1. The van der Waals surface area contributed by atoms with Crippen molar-refractivity contribution in [3.8, 4) is 0 Å². The van der Waals surface area contributed by atoms with Crippen LogP contribution in [-0.4, -0.2) is 59.6 Å². The van der Waals surface area contributed by atoms with Gasteiger partial charge in [0, 0.05) is 37.7 Å². The van der Waals surface area contributed by atoms with Gasteiger partial charge in [0.25, 0.3) is 0 Å². The Morgan fingerprint density at radius 2 is 1.73 bits per heavy atom. The van der Waals surface area contributed by atoms with E-state index in [-0.39, 0.29) is 18.0 Å². The Morgan fingerprint density at radius 1 is 1.15 bits per heavy atom. The van der Waals surface area contributed by atoms with E-state index in [1.807, 2.05) is 52.0 Å². The standard InChI is InChI=1S/C19H28ClN3O3/c1-14(17(24)21-13-15-5-7-16(20)8-6-15)22-9-11-23(12-10-22)18(25)26-19(2,3)4/h5-8,14H,9-13H2,1-4H3,(H,21,24). The van der Waals surface area contributed by atoms with Gasteiger partial charge in [-0.3, -0.25) is 9.69 Å². The van der Waals surface area contributed by atoms with Crippen molar-refractivity contribution in [3.63, 3.8) is 0 Å². The van der Waals surface area contributed by atoms with Gasteiger partial charge in [-0.1, -0.05) is 23.7 Å². The van der Waals surface area contributed by atoms with Crippen molar-refractivity contribution in [1.82, 2.24) is 15.1 Å². The molecule has 1 N–H and O–H groups in total. The van der Waals surface area contributed by atoms with Crippen molar-refractivity contribution in [2.45, 2.75) is 45.9 Å². The van der Waals surface area contributed by atoms with E-state index < -0.39 is 5.60 Å². The third-order valence-electron chi connectivity index (χ3n) is 4.27. The number of carbonyl (C=O) groups excluding carboxylic acids is 2. The van der Waals surface area contributed by atoms with Gasteiger partial charge in [0.15, 0.2) is 0 Å². The quantitative estimate of drug-likeness (QED) is 0.871. The van der Waals surface area contributed by atoms with Crippen molar-refractivity contribution >= 4 is 23.6 Å². The number of carbonyl (C=O) groups is 2. The summed E-state index contributed by atoms with van der Waals surface area (Å²) in [5.41, 5.74) is 0.507. The molecule has 7 heteroatoms. The molecule has 2 amide bonds. The highest BCUT2D eigenvalue weighted by molar-refractivity contribution is 6.30. The average Bonchev–Trinajstić information content (AvgIpc) is 2.59. The molecule has 1 aliphatic heterocycles. The van der Waals surface area contributed by atoms with E-state index in [4.69, 9.17) is 16.3 Å². The number of nitrogens with zero attached hydrogens (tertiary/aromatic N) is 2. The third kappa shape index (κ3) is 6.18. The molecule has 0 spiro atoms. The number of ether oxygens (including phenoxy) is 1. The molecule has 6 nitrogen and oxygen atoms in total. The van der Waals surface area contributed by atoms with Crippen LogP contribution in [0.1, 0.15) is 33.3 Å². The molecule has 1 aromatic rings. The van der Waals surface area contributed by atoms with Crippen LogP contribution in [0.5, 0.6) is 0 Å². The zero-order valence-electron chi connectivity index (χ0n) is 15.9. The van der Waals surface area contributed by atoms with E-state index in [1.54, 1.807) is 4.90 Å². The predicted octanol–water partition coefficient (Wildman–Crippen LogP) is 2.90. The SMILES string of the molecule is CC(C(=O)NCc1ccc(Cl)cc1)N1CCN(C(=O)OC(C)(C)C)CC1. The maximum absolute atomic E-state index is 12.4. The second-order valence-electron chi connectivity index (χ2n) is 7.52. The van der Waals surface area contributed by atoms with Gasteiger partial charge < -0.3 is 15.0 Å². The number of hydrogen-bond donors (Lipinski definition) is 1. The van der Waals surface area contributed by atoms with E-state index in [9.17, 15) is 9.59 Å². The zero-order chi connectivity index (χ0) is 19.3. The fourth-order valence-corrected chi connectivity index (χ4v) is 2.85. The van der Waals surface area contributed by atoms with Crippen LogP contribution in [0.25, 0.3) is 0 Å². The molecule has 0 radical (unpaired) electrons. The molecule has 0 aliphatic carbocycles. The molecular formula is C19H28ClN3O3. The van der Waals surface area contributed by atoms with E-state index in [1.165, 1.54) is 0 Å². The fourth-order valence-electron chi connectivity index (χ4n) is 2.72. The smallest absolute Gasteiger partial charge is 0.410 e. The summed E-state index contributed by atoms with van der Waals surface area (Å²) >= 11 is 5.86. The van der Waals surface area contributed by atoms with Crippen LogP contribution in [0.4, 0.5) is 4.79 Å². The Kier molecular flexibility index (Phi) is 6.89. The van der Waals surface area contributed by atoms with E-state index in [0.29, 0.717) is 37.7 Å². The predicted molar refractivity (Wildman–Crippen MR) is 102 cm³/mol. The molecule has 0 saturated carbocycles. The summed E-state index contributed by atoms with van der Waals surface area (Å²) < 4.78 is 5.40. The summed E-state index contributed by atoms with van der Waals surface area (Å²) in [7, 11) is 0. The summed E-state index contributed by atoms with van der Waals surface area (Å²) in [6, 6.07) is 7.16. The first-order valence-electron chi connectivity index (χ1n) is 8.90. The molecule has 1 fully saturated rings. The number of hydrogen-bond acceptors (Lipinski definition) is 4. The second-order valence-corrected chi connectivity index (χ2v) is 7.96. The summed E-state index contributed by atoms with van der Waals surface area (Å²) in [6.45, 7) is 10.3. The Morgan fingerprint density at radius 3 is 2.27 bits per heavy atom. The number of rotatable bonds is 4. The molecule has 1 aliphatic rings. The Hall–Kier alpha value is -1.79. The first kappa shape index (κ1) is 20.5. The van der Waals surface area contributed by atoms with Gasteiger partial charge in [-0.05, 0) is 45.4 Å². The van der Waals surface area contributed by atoms with E-state index in [0.717, 1.165) is 5.56 Å². The Balaban J connectivity index is 1.78. The fraction of sp³-hybridized carbons (Fsp3) is 0.579. The summed E-state index contributed by atoms with van der Waals surface area (Å²) in [4.78, 5) is 28.3. The number of amides is 2. The first-order chi connectivity index (χ1) is 12.2. The minimum atomic E-state index is -0.497. The van der Waals surface area contributed by atoms with Crippen LogP contribution >= 0.6 is 11.6 Å². The van der Waals surface area contributed by atoms with Gasteiger partial charge in [0.05, 0.1) is 6.04 Å². The zero-order valence-corrected chi connectivity index (χ0v) is 16.7. The molecule has 0 aromatic heterocycles. The van der Waals surface area contributed by atoms with Crippen LogP contribution in [0.3, 0.4) is 0 Å². The monoisotopic (exact) mass is 381 g/mol. The summed E-state index contributed by atoms with van der Waals surface area (Å²) in [6.07, 6.45) is -0.294. The van der Waals surface area contributed by atoms with Crippen molar-refractivity contribution < 1.29 is 14.3 Å². The molecule has 1 aromatic carbocycles. The molecule has 1 saturated heterocycles. The molecule has 144 valence electrons. The van der Waals surface area contributed by atoms with Crippen molar-refractivity contribution in [1.29, 1.82) is 0 Å². The minimum Gasteiger partial charge on any atom is -0.444 e. The largest absolute Gasteiger partial charge is 0.444 e. The van der Waals surface area contributed by atoms with Crippen LogP contribution in [0, 0.1) is 0 Å². The highest BCUT2D eigenvalue weighted by Crippen LogP contribution is 2.13. The van der Waals surface area contributed by atoms with Crippen molar-refractivity contribution in [2.24, 2.45) is 0 Å². The van der Waals surface area contributed by atoms with Crippen molar-refractivity contribution in [2.75, 3.05) is 26.2 Å². The lowest BCUT2D eigenvalue weighted by atomic mass is 10.2. The summed E-state index contributed by atoms with van der Waals surface area (Å²) in [5.74, 6) is -0.0225. The molecule has 26 heavy (non-hydrogen) atoms. The molecule has 2 rings (SSSR count). The van der Waals surface area contributed by atoms with E-state index >= 15 is 0 Å². The number of piperazine rings is 1. The topological polar surface area (TPSA) is 61.9 Å². The lowest BCUT2D eigenvalue weighted by molar-refractivity contribution is -0.126. The van der Waals surface area contributed by atoms with Gasteiger partial charge in [-0.25, -0.2) is 4.79 Å². The summed E-state index contributed by atoms with van der Waals surface area (Å²) in [5, 5.41) is 3.63. The van der Waals surface area contributed by atoms with Crippen LogP contribution in [-0.2, 0) is 16.1 Å². The molecule has 0 bridgehead atoms. The third-order valence-corrected chi connectivity index (χ3v) is 4.53. The van der Waals surface area contributed by atoms with Crippen molar-refractivity contribution in [3.05, 3.63) is 34.9 Å². The van der Waals surface area contributed by atoms with Gasteiger partial charge >= 0.3 is 6.09 Å². The normalized spacial score (nSPS) is 16.9. The van der Waals surface area contributed by atoms with Gasteiger partial charge in [-0.2, -0.15) is 0 Å². The lowest BCUT2D eigenvalue weighted by Crippen LogP contribution is -2.55. The van der Waals surface area contributed by atoms with E-state index in [2.05, 4.69) is 10.2 Å². The molecule has 1 atom stereocenters. The average molecular weight is 382 g/mol. The Bertz CT molecular complexity index is 620. The highest BCUT2D eigenvalue weighted by atomic mass is 35.5. The Labute approximate surface area is 160 Å². The number of nitrogens with one attached hydrogen (secondary N) is 1.